The van der Waals surface area contributed by atoms with Gasteiger partial charge in [-0.3, -0.25) is 5.10 Å². The molecule has 0 spiro atoms. The number of nitrogens with one attached hydrogen (secondary N) is 2. The van der Waals surface area contributed by atoms with Crippen molar-refractivity contribution in [3.05, 3.63) is 17.5 Å². The van der Waals surface area contributed by atoms with Crippen molar-refractivity contribution in [2.24, 2.45) is 0 Å². The number of aromatic nitrogens is 2. The van der Waals surface area contributed by atoms with E-state index in [1.165, 1.54) is 12.1 Å². The summed E-state index contributed by atoms with van der Waals surface area (Å²) >= 11 is 0. The molecule has 3 nitrogen and oxygen atoms in total. The molecular formula is C9H17N3. The summed E-state index contributed by atoms with van der Waals surface area (Å²) in [4.78, 5) is 0. The second-order valence-corrected chi connectivity index (χ2v) is 2.99. The van der Waals surface area contributed by atoms with Crippen LogP contribution in [0.1, 0.15) is 24.7 Å². The Balaban J connectivity index is 2.41. The Morgan fingerprint density at radius 1 is 1.50 bits per heavy atom. The molecule has 0 aliphatic carbocycles. The number of aromatic amines is 1. The van der Waals surface area contributed by atoms with Crippen LogP contribution in [0, 0.1) is 0 Å². The van der Waals surface area contributed by atoms with E-state index in [1.54, 1.807) is 0 Å². The lowest BCUT2D eigenvalue weighted by atomic mass is 10.2. The SMILES string of the molecule is CCCc1cc(CCNC)n[nH]1. The highest BCUT2D eigenvalue weighted by atomic mass is 15.1. The van der Waals surface area contributed by atoms with Crippen LogP contribution in [0.4, 0.5) is 0 Å². The van der Waals surface area contributed by atoms with E-state index < -0.39 is 0 Å². The Bertz CT molecular complexity index is 217. The van der Waals surface area contributed by atoms with E-state index in [9.17, 15) is 0 Å². The van der Waals surface area contributed by atoms with Gasteiger partial charge in [-0.25, -0.2) is 0 Å². The lowest BCUT2D eigenvalue weighted by Crippen LogP contribution is -2.10. The smallest absolute Gasteiger partial charge is 0.0637 e. The summed E-state index contributed by atoms with van der Waals surface area (Å²) in [5.74, 6) is 0. The van der Waals surface area contributed by atoms with Crippen LogP contribution in [0.25, 0.3) is 0 Å². The first-order valence-electron chi connectivity index (χ1n) is 4.54. The molecule has 0 aliphatic heterocycles. The molecule has 0 aliphatic rings. The van der Waals surface area contributed by atoms with Crippen LogP contribution in [-0.2, 0) is 12.8 Å². The number of likely N-dealkylation sites (N-methyl/N-ethyl adjacent to an activating group) is 1. The van der Waals surface area contributed by atoms with Gasteiger partial charge >= 0.3 is 0 Å². The van der Waals surface area contributed by atoms with Crippen LogP contribution in [0.3, 0.4) is 0 Å². The van der Waals surface area contributed by atoms with Crippen molar-refractivity contribution >= 4 is 0 Å². The molecule has 0 saturated carbocycles. The molecule has 0 amide bonds. The minimum absolute atomic E-state index is 0.996. The standard InChI is InChI=1S/C9H17N3/c1-3-4-8-7-9(12-11-8)5-6-10-2/h7,10H,3-6H2,1-2H3,(H,11,12). The predicted octanol–water partition coefficient (Wildman–Crippen LogP) is 1.12. The summed E-state index contributed by atoms with van der Waals surface area (Å²) in [7, 11) is 1.96. The van der Waals surface area contributed by atoms with Gasteiger partial charge in [-0.15, -0.1) is 0 Å². The first-order chi connectivity index (χ1) is 5.86. The van der Waals surface area contributed by atoms with Crippen LogP contribution < -0.4 is 5.32 Å². The number of hydrogen-bond acceptors (Lipinski definition) is 2. The summed E-state index contributed by atoms with van der Waals surface area (Å²) in [5, 5.41) is 10.3. The Morgan fingerprint density at radius 2 is 2.33 bits per heavy atom. The Labute approximate surface area is 73.6 Å². The van der Waals surface area contributed by atoms with Gasteiger partial charge in [0.05, 0.1) is 5.69 Å². The van der Waals surface area contributed by atoms with Gasteiger partial charge in [-0.1, -0.05) is 13.3 Å². The molecule has 1 heterocycles. The van der Waals surface area contributed by atoms with Gasteiger partial charge in [0.2, 0.25) is 0 Å². The Morgan fingerprint density at radius 3 is 3.00 bits per heavy atom. The van der Waals surface area contributed by atoms with Crippen molar-refractivity contribution in [3.63, 3.8) is 0 Å². The van der Waals surface area contributed by atoms with Crippen LogP contribution in [0.15, 0.2) is 6.07 Å². The first-order valence-corrected chi connectivity index (χ1v) is 4.54. The van der Waals surface area contributed by atoms with Crippen molar-refractivity contribution in [3.8, 4) is 0 Å². The number of rotatable bonds is 5. The molecule has 3 heteroatoms. The molecule has 0 unspecified atom stereocenters. The van der Waals surface area contributed by atoms with E-state index in [2.05, 4.69) is 28.5 Å². The fraction of sp³-hybridized carbons (Fsp3) is 0.667. The Kier molecular flexibility index (Phi) is 3.80. The van der Waals surface area contributed by atoms with Gasteiger partial charge in [0, 0.05) is 18.7 Å². The van der Waals surface area contributed by atoms with Crippen LogP contribution in [-0.4, -0.2) is 23.8 Å². The summed E-state index contributed by atoms with van der Waals surface area (Å²) in [5.41, 5.74) is 2.41. The summed E-state index contributed by atoms with van der Waals surface area (Å²) in [6.45, 7) is 3.17. The molecule has 68 valence electrons. The average molecular weight is 167 g/mol. The minimum Gasteiger partial charge on any atom is -0.319 e. The lowest BCUT2D eigenvalue weighted by Gasteiger charge is -1.92. The fourth-order valence-corrected chi connectivity index (χ4v) is 1.19. The molecule has 0 radical (unpaired) electrons. The second-order valence-electron chi connectivity index (χ2n) is 2.99. The van der Waals surface area contributed by atoms with Gasteiger partial charge in [0.25, 0.3) is 0 Å². The highest BCUT2D eigenvalue weighted by molar-refractivity contribution is 5.08. The zero-order valence-electron chi connectivity index (χ0n) is 7.85. The van der Waals surface area contributed by atoms with Crippen molar-refractivity contribution in [2.75, 3.05) is 13.6 Å². The monoisotopic (exact) mass is 167 g/mol. The van der Waals surface area contributed by atoms with Crippen molar-refractivity contribution < 1.29 is 0 Å². The summed E-state index contributed by atoms with van der Waals surface area (Å²) in [6, 6.07) is 2.15. The van der Waals surface area contributed by atoms with Crippen molar-refractivity contribution in [1.82, 2.24) is 15.5 Å². The third-order valence-corrected chi connectivity index (χ3v) is 1.83. The van der Waals surface area contributed by atoms with E-state index in [1.807, 2.05) is 7.05 Å². The van der Waals surface area contributed by atoms with Gasteiger partial charge in [-0.05, 0) is 19.5 Å². The number of H-pyrrole nitrogens is 1. The number of nitrogens with zero attached hydrogens (tertiary/aromatic N) is 1. The molecule has 0 saturated heterocycles. The largest absolute Gasteiger partial charge is 0.319 e. The zero-order valence-corrected chi connectivity index (χ0v) is 7.85. The molecular weight excluding hydrogens is 150 g/mol. The highest BCUT2D eigenvalue weighted by Crippen LogP contribution is 2.02. The van der Waals surface area contributed by atoms with E-state index in [4.69, 9.17) is 0 Å². The maximum absolute atomic E-state index is 4.21. The third kappa shape index (κ3) is 2.66. The average Bonchev–Trinajstić information content (AvgIpc) is 2.50. The maximum atomic E-state index is 4.21. The molecule has 2 N–H and O–H groups in total. The van der Waals surface area contributed by atoms with Crippen LogP contribution in [0.2, 0.25) is 0 Å². The topological polar surface area (TPSA) is 40.7 Å². The predicted molar refractivity (Wildman–Crippen MR) is 50.2 cm³/mol. The van der Waals surface area contributed by atoms with Crippen LogP contribution >= 0.6 is 0 Å². The number of hydrogen-bond donors (Lipinski definition) is 2. The Hall–Kier alpha value is -0.830. The molecule has 1 rings (SSSR count). The summed E-state index contributed by atoms with van der Waals surface area (Å²) < 4.78 is 0. The molecule has 0 aromatic carbocycles. The minimum atomic E-state index is 0.996. The molecule has 1 aromatic rings. The van der Waals surface area contributed by atoms with E-state index in [-0.39, 0.29) is 0 Å². The number of aryl methyl sites for hydroxylation is 1. The normalized spacial score (nSPS) is 10.5. The maximum Gasteiger partial charge on any atom is 0.0637 e. The van der Waals surface area contributed by atoms with E-state index in [0.29, 0.717) is 0 Å². The van der Waals surface area contributed by atoms with Gasteiger partial charge in [0.1, 0.15) is 0 Å². The second kappa shape index (κ2) is 4.93. The highest BCUT2D eigenvalue weighted by Gasteiger charge is 1.98. The first kappa shape index (κ1) is 9.26. The van der Waals surface area contributed by atoms with Crippen molar-refractivity contribution in [1.29, 1.82) is 0 Å². The van der Waals surface area contributed by atoms with Gasteiger partial charge < -0.3 is 5.32 Å². The molecule has 1 aromatic heterocycles. The quantitative estimate of drug-likeness (QED) is 0.690. The van der Waals surface area contributed by atoms with Gasteiger partial charge in [-0.2, -0.15) is 5.10 Å². The third-order valence-electron chi connectivity index (χ3n) is 1.83. The lowest BCUT2D eigenvalue weighted by molar-refractivity contribution is 0.771. The van der Waals surface area contributed by atoms with E-state index in [0.717, 1.165) is 25.1 Å². The van der Waals surface area contributed by atoms with E-state index >= 15 is 0 Å². The molecule has 0 bridgehead atoms. The van der Waals surface area contributed by atoms with Crippen LogP contribution in [0.5, 0.6) is 0 Å². The fourth-order valence-electron chi connectivity index (χ4n) is 1.19. The molecule has 0 fully saturated rings. The van der Waals surface area contributed by atoms with Gasteiger partial charge in [0.15, 0.2) is 0 Å². The zero-order chi connectivity index (χ0) is 8.81. The summed E-state index contributed by atoms with van der Waals surface area (Å²) in [6.07, 6.45) is 3.29. The van der Waals surface area contributed by atoms with Crippen molar-refractivity contribution in [2.45, 2.75) is 26.2 Å². The molecule has 12 heavy (non-hydrogen) atoms. The molecule has 0 atom stereocenters.